The zero-order chi connectivity index (χ0) is 22.5. The Morgan fingerprint density at radius 1 is 1.00 bits per heavy atom. The lowest BCUT2D eigenvalue weighted by molar-refractivity contribution is -0.141. The number of hydrogen-bond donors (Lipinski definition) is 1. The van der Waals surface area contributed by atoms with Crippen LogP contribution in [0, 0.1) is 5.41 Å². The summed E-state index contributed by atoms with van der Waals surface area (Å²) in [5.74, 6) is -1.17. The van der Waals surface area contributed by atoms with E-state index < -0.39 is 17.6 Å². The van der Waals surface area contributed by atoms with Crippen molar-refractivity contribution in [2.24, 2.45) is 5.41 Å². The average Bonchev–Trinajstić information content (AvgIpc) is 3.52. The van der Waals surface area contributed by atoms with Crippen molar-refractivity contribution in [3.05, 3.63) is 92.9 Å². The maximum Gasteiger partial charge on any atom is 0.327 e. The number of halogens is 1. The average molecular weight is 448 g/mol. The molecule has 2 aliphatic carbocycles. The van der Waals surface area contributed by atoms with E-state index in [4.69, 9.17) is 11.6 Å². The summed E-state index contributed by atoms with van der Waals surface area (Å²) in [6.45, 7) is 0. The molecule has 162 valence electrons. The van der Waals surface area contributed by atoms with E-state index in [9.17, 15) is 19.5 Å². The number of aliphatic carboxylic acids is 1. The lowest BCUT2D eigenvalue weighted by atomic mass is 9.81. The highest BCUT2D eigenvalue weighted by Crippen LogP contribution is 2.54. The second-order valence-corrected chi connectivity index (χ2v) is 9.40. The first-order chi connectivity index (χ1) is 15.3. The summed E-state index contributed by atoms with van der Waals surface area (Å²) in [4.78, 5) is 38.6. The van der Waals surface area contributed by atoms with E-state index in [1.807, 2.05) is 42.5 Å². The van der Waals surface area contributed by atoms with Crippen LogP contribution in [0.4, 0.5) is 0 Å². The van der Waals surface area contributed by atoms with Gasteiger partial charge < -0.3 is 9.67 Å². The Hall–Kier alpha value is -3.18. The highest BCUT2D eigenvalue weighted by Gasteiger charge is 2.46. The van der Waals surface area contributed by atoms with Crippen LogP contribution in [-0.2, 0) is 17.6 Å². The standard InChI is InChI=1S/C26H22ClNO4/c27-18-7-6-17-13-26(8-9-26)14-23(29)21-15-28(24(30)12-20(21)19(17)11-18)22(25(31)32)10-16-4-2-1-3-5-16/h1-7,11-12,15,22H,8-10,13-14H2,(H,31,32). The van der Waals surface area contributed by atoms with Gasteiger partial charge in [-0.05, 0) is 59.1 Å². The summed E-state index contributed by atoms with van der Waals surface area (Å²) in [6.07, 6.45) is 4.75. The number of aromatic nitrogens is 1. The molecule has 0 bridgehead atoms. The number of carboxylic acids is 1. The molecule has 1 heterocycles. The van der Waals surface area contributed by atoms with Crippen LogP contribution in [0.3, 0.4) is 0 Å². The number of pyridine rings is 1. The van der Waals surface area contributed by atoms with Gasteiger partial charge in [0.05, 0.1) is 0 Å². The van der Waals surface area contributed by atoms with Crippen molar-refractivity contribution in [2.45, 2.75) is 38.1 Å². The fraction of sp³-hybridized carbons (Fsp3) is 0.269. The number of benzene rings is 2. The SMILES string of the molecule is O=C1CC2(CC2)Cc2ccc(Cl)cc2-c2cc(=O)n(C(Cc3ccccc3)C(=O)O)cc21. The van der Waals surface area contributed by atoms with Gasteiger partial charge in [0, 0.05) is 35.7 Å². The molecule has 1 aromatic heterocycles. The van der Waals surface area contributed by atoms with Gasteiger partial charge in [-0.1, -0.05) is 48.0 Å². The smallest absolute Gasteiger partial charge is 0.327 e. The molecule has 0 saturated heterocycles. The molecule has 1 atom stereocenters. The first kappa shape index (κ1) is 20.7. The number of Topliss-reactive ketones (excluding diaryl/α,β-unsaturated/α-hetero) is 1. The molecule has 3 aromatic rings. The number of rotatable bonds is 4. The van der Waals surface area contributed by atoms with E-state index >= 15 is 0 Å². The largest absolute Gasteiger partial charge is 0.480 e. The minimum atomic E-state index is -1.11. The highest BCUT2D eigenvalue weighted by atomic mass is 35.5. The highest BCUT2D eigenvalue weighted by molar-refractivity contribution is 6.31. The first-order valence-corrected chi connectivity index (χ1v) is 11.1. The number of nitrogens with zero attached hydrogens (tertiary/aromatic N) is 1. The summed E-state index contributed by atoms with van der Waals surface area (Å²) >= 11 is 6.27. The molecule has 0 radical (unpaired) electrons. The van der Waals surface area contributed by atoms with Crippen LogP contribution < -0.4 is 5.56 Å². The van der Waals surface area contributed by atoms with Gasteiger partial charge in [-0.25, -0.2) is 4.79 Å². The van der Waals surface area contributed by atoms with Crippen molar-refractivity contribution in [2.75, 3.05) is 0 Å². The van der Waals surface area contributed by atoms with Crippen molar-refractivity contribution in [1.82, 2.24) is 4.57 Å². The van der Waals surface area contributed by atoms with Gasteiger partial charge in [-0.3, -0.25) is 9.59 Å². The summed E-state index contributed by atoms with van der Waals surface area (Å²) in [5.41, 5.74) is 3.08. The molecule has 0 amide bonds. The number of ketones is 1. The van der Waals surface area contributed by atoms with E-state index in [1.54, 1.807) is 6.07 Å². The third kappa shape index (κ3) is 3.78. The minimum absolute atomic E-state index is 0.0471. The number of fused-ring (bicyclic) bond motifs is 3. The van der Waals surface area contributed by atoms with Gasteiger partial charge in [-0.15, -0.1) is 0 Å². The molecule has 2 aliphatic rings. The zero-order valence-corrected chi connectivity index (χ0v) is 18.1. The molecule has 1 spiro atoms. The number of carbonyl (C=O) groups excluding carboxylic acids is 1. The molecule has 32 heavy (non-hydrogen) atoms. The Labute approximate surface area is 190 Å². The Kier molecular flexibility index (Phi) is 5.01. The Balaban J connectivity index is 1.67. The van der Waals surface area contributed by atoms with Crippen molar-refractivity contribution in [3.63, 3.8) is 0 Å². The fourth-order valence-corrected chi connectivity index (χ4v) is 4.94. The third-order valence-electron chi connectivity index (χ3n) is 6.69. The van der Waals surface area contributed by atoms with E-state index in [0.29, 0.717) is 22.6 Å². The van der Waals surface area contributed by atoms with Crippen LogP contribution >= 0.6 is 11.6 Å². The van der Waals surface area contributed by atoms with E-state index in [2.05, 4.69) is 0 Å². The molecule has 1 unspecified atom stereocenters. The van der Waals surface area contributed by atoms with Gasteiger partial charge in [0.1, 0.15) is 6.04 Å². The summed E-state index contributed by atoms with van der Waals surface area (Å²) in [5, 5.41) is 10.4. The van der Waals surface area contributed by atoms with Crippen LogP contribution in [0.1, 0.15) is 46.8 Å². The van der Waals surface area contributed by atoms with Crippen LogP contribution in [-0.4, -0.2) is 21.4 Å². The quantitative estimate of drug-likeness (QED) is 0.614. The summed E-state index contributed by atoms with van der Waals surface area (Å²) in [7, 11) is 0. The number of carbonyl (C=O) groups is 2. The van der Waals surface area contributed by atoms with Crippen LogP contribution in [0.15, 0.2) is 65.6 Å². The van der Waals surface area contributed by atoms with E-state index in [1.165, 1.54) is 16.8 Å². The lowest BCUT2D eigenvalue weighted by Crippen LogP contribution is -2.32. The first-order valence-electron chi connectivity index (χ1n) is 10.7. The van der Waals surface area contributed by atoms with E-state index in [0.717, 1.165) is 36.0 Å². The third-order valence-corrected chi connectivity index (χ3v) is 6.93. The maximum absolute atomic E-state index is 13.3. The van der Waals surface area contributed by atoms with Gasteiger partial charge >= 0.3 is 5.97 Å². The van der Waals surface area contributed by atoms with Crippen molar-refractivity contribution >= 4 is 23.4 Å². The summed E-state index contributed by atoms with van der Waals surface area (Å²) < 4.78 is 1.19. The Morgan fingerprint density at radius 2 is 1.75 bits per heavy atom. The van der Waals surface area contributed by atoms with Crippen molar-refractivity contribution < 1.29 is 14.7 Å². The molecule has 0 aliphatic heterocycles. The van der Waals surface area contributed by atoms with Crippen LogP contribution in [0.5, 0.6) is 0 Å². The Morgan fingerprint density at radius 3 is 2.44 bits per heavy atom. The normalized spacial score (nSPS) is 17.1. The molecule has 5 rings (SSSR count). The van der Waals surface area contributed by atoms with Gasteiger partial charge in [0.25, 0.3) is 5.56 Å². The zero-order valence-electron chi connectivity index (χ0n) is 17.4. The molecular weight excluding hydrogens is 426 g/mol. The number of hydrogen-bond acceptors (Lipinski definition) is 3. The molecule has 1 saturated carbocycles. The lowest BCUT2D eigenvalue weighted by Gasteiger charge is -2.24. The van der Waals surface area contributed by atoms with Gasteiger partial charge in [0.2, 0.25) is 0 Å². The predicted molar refractivity (Wildman–Crippen MR) is 122 cm³/mol. The fourth-order valence-electron chi connectivity index (χ4n) is 4.76. The molecule has 6 heteroatoms. The topological polar surface area (TPSA) is 76.4 Å². The molecule has 1 fully saturated rings. The van der Waals surface area contributed by atoms with Crippen molar-refractivity contribution in [1.29, 1.82) is 0 Å². The number of carboxylic acid groups (broad SMARTS) is 1. The minimum Gasteiger partial charge on any atom is -0.480 e. The molecule has 5 nitrogen and oxygen atoms in total. The van der Waals surface area contributed by atoms with E-state index in [-0.39, 0.29) is 17.6 Å². The molecule has 2 aromatic carbocycles. The van der Waals surface area contributed by atoms with Gasteiger partial charge in [0.15, 0.2) is 5.78 Å². The summed E-state index contributed by atoms with van der Waals surface area (Å²) in [6, 6.07) is 15.1. The monoisotopic (exact) mass is 447 g/mol. The van der Waals surface area contributed by atoms with Gasteiger partial charge in [-0.2, -0.15) is 0 Å². The molecular formula is C26H22ClNO4. The maximum atomic E-state index is 13.3. The Bertz CT molecular complexity index is 1290. The van der Waals surface area contributed by atoms with Crippen molar-refractivity contribution in [3.8, 4) is 11.1 Å². The van der Waals surface area contributed by atoms with Crippen LogP contribution in [0.25, 0.3) is 11.1 Å². The second kappa shape index (κ2) is 7.75. The predicted octanol–water partition coefficient (Wildman–Crippen LogP) is 4.95. The molecule has 1 N–H and O–H groups in total. The second-order valence-electron chi connectivity index (χ2n) is 8.97. The van der Waals surface area contributed by atoms with Crippen LogP contribution in [0.2, 0.25) is 5.02 Å².